The van der Waals surface area contributed by atoms with Crippen molar-refractivity contribution in [2.24, 2.45) is 0 Å². The first-order chi connectivity index (χ1) is 7.07. The van der Waals surface area contributed by atoms with E-state index >= 15 is 0 Å². The molecular weight excluding hydrogens is 192 g/mol. The molecule has 0 unspecified atom stereocenters. The molecule has 1 N–H and O–H groups in total. The van der Waals surface area contributed by atoms with Crippen LogP contribution in [0.25, 0.3) is 0 Å². The summed E-state index contributed by atoms with van der Waals surface area (Å²) in [5.74, 6) is -1.79. The van der Waals surface area contributed by atoms with E-state index in [1.807, 2.05) is 19.1 Å². The molecule has 1 aromatic carbocycles. The van der Waals surface area contributed by atoms with Crippen LogP contribution in [0.5, 0.6) is 0 Å². The van der Waals surface area contributed by atoms with E-state index in [0.717, 1.165) is 5.56 Å². The molecule has 1 rings (SSSR count). The molecule has 0 aromatic heterocycles. The second-order valence-corrected chi connectivity index (χ2v) is 3.12. The maximum absolute atomic E-state index is 11.7. The van der Waals surface area contributed by atoms with Gasteiger partial charge in [-0.1, -0.05) is 37.8 Å². The minimum Gasteiger partial charge on any atom is -0.478 e. The van der Waals surface area contributed by atoms with Gasteiger partial charge >= 0.3 is 5.97 Å². The maximum Gasteiger partial charge on any atom is 0.339 e. The van der Waals surface area contributed by atoms with Crippen molar-refractivity contribution < 1.29 is 14.7 Å². The van der Waals surface area contributed by atoms with Crippen molar-refractivity contribution >= 4 is 11.8 Å². The van der Waals surface area contributed by atoms with Crippen LogP contribution in [0.3, 0.4) is 0 Å². The summed E-state index contributed by atoms with van der Waals surface area (Å²) in [6.45, 7) is 5.17. The Morgan fingerprint density at radius 2 is 1.93 bits per heavy atom. The number of hydrogen-bond donors (Lipinski definition) is 1. The minimum atomic E-state index is -1.27. The Hall–Kier alpha value is -1.90. The number of Topliss-reactive ketones (excluding diaryl/α,β-unsaturated/α-hetero) is 1. The summed E-state index contributed by atoms with van der Waals surface area (Å²) in [6.07, 6.45) is 0.689. The number of ketones is 1. The van der Waals surface area contributed by atoms with Crippen molar-refractivity contribution in [3.8, 4) is 0 Å². The molecule has 0 aliphatic carbocycles. The van der Waals surface area contributed by atoms with Gasteiger partial charge in [0.15, 0.2) is 5.78 Å². The largest absolute Gasteiger partial charge is 0.478 e. The number of aliphatic carboxylic acids is 1. The smallest absolute Gasteiger partial charge is 0.339 e. The van der Waals surface area contributed by atoms with Crippen molar-refractivity contribution in [1.82, 2.24) is 0 Å². The van der Waals surface area contributed by atoms with Gasteiger partial charge in [0, 0.05) is 5.56 Å². The molecule has 0 aliphatic rings. The summed E-state index contributed by atoms with van der Waals surface area (Å²) in [7, 11) is 0. The molecule has 0 heterocycles. The second kappa shape index (κ2) is 4.55. The predicted molar refractivity (Wildman–Crippen MR) is 56.9 cm³/mol. The third-order valence-electron chi connectivity index (χ3n) is 2.18. The first kappa shape index (κ1) is 11.2. The van der Waals surface area contributed by atoms with Crippen LogP contribution in [0, 0.1) is 0 Å². The van der Waals surface area contributed by atoms with Crippen LogP contribution in [-0.4, -0.2) is 16.9 Å². The summed E-state index contributed by atoms with van der Waals surface area (Å²) in [5, 5.41) is 8.66. The van der Waals surface area contributed by atoms with Crippen molar-refractivity contribution in [2.45, 2.75) is 13.3 Å². The lowest BCUT2D eigenvalue weighted by Gasteiger charge is -2.05. The first-order valence-electron chi connectivity index (χ1n) is 4.62. The Balaban J connectivity index is 3.11. The van der Waals surface area contributed by atoms with Crippen molar-refractivity contribution in [3.05, 3.63) is 47.5 Å². The van der Waals surface area contributed by atoms with Crippen molar-refractivity contribution in [2.75, 3.05) is 0 Å². The maximum atomic E-state index is 11.7. The Kier molecular flexibility index (Phi) is 3.39. The highest BCUT2D eigenvalue weighted by Gasteiger charge is 2.18. The molecule has 15 heavy (non-hydrogen) atoms. The number of aryl methyl sites for hydroxylation is 1. The molecule has 3 nitrogen and oxygen atoms in total. The summed E-state index contributed by atoms with van der Waals surface area (Å²) < 4.78 is 0. The molecule has 0 spiro atoms. The molecule has 3 heteroatoms. The molecule has 0 atom stereocenters. The van der Waals surface area contributed by atoms with Crippen LogP contribution in [-0.2, 0) is 11.2 Å². The van der Waals surface area contributed by atoms with Crippen LogP contribution in [0.1, 0.15) is 22.8 Å². The van der Waals surface area contributed by atoms with E-state index in [2.05, 4.69) is 6.58 Å². The number of carbonyl (C=O) groups excluding carboxylic acids is 1. The quantitative estimate of drug-likeness (QED) is 0.353. The average Bonchev–Trinajstić information content (AvgIpc) is 2.26. The monoisotopic (exact) mass is 204 g/mol. The lowest BCUT2D eigenvalue weighted by atomic mass is 9.98. The van der Waals surface area contributed by atoms with Crippen LogP contribution in [0.15, 0.2) is 36.4 Å². The van der Waals surface area contributed by atoms with Gasteiger partial charge in [-0.2, -0.15) is 0 Å². The zero-order valence-electron chi connectivity index (χ0n) is 8.49. The topological polar surface area (TPSA) is 54.4 Å². The molecule has 0 bridgehead atoms. The van der Waals surface area contributed by atoms with E-state index in [-0.39, 0.29) is 0 Å². The Morgan fingerprint density at radius 3 is 2.47 bits per heavy atom. The Morgan fingerprint density at radius 1 is 1.33 bits per heavy atom. The molecular formula is C12H12O3. The molecule has 0 fully saturated rings. The molecule has 1 aromatic rings. The molecule has 0 amide bonds. The van der Waals surface area contributed by atoms with E-state index in [0.29, 0.717) is 12.0 Å². The zero-order valence-corrected chi connectivity index (χ0v) is 8.49. The number of hydrogen-bond acceptors (Lipinski definition) is 2. The second-order valence-electron chi connectivity index (χ2n) is 3.12. The van der Waals surface area contributed by atoms with E-state index < -0.39 is 17.3 Å². The highest BCUT2D eigenvalue weighted by Crippen LogP contribution is 2.13. The van der Waals surface area contributed by atoms with Gasteiger partial charge in [-0.3, -0.25) is 4.79 Å². The fourth-order valence-corrected chi connectivity index (χ4v) is 1.31. The van der Waals surface area contributed by atoms with Gasteiger partial charge in [-0.25, -0.2) is 4.79 Å². The fourth-order valence-electron chi connectivity index (χ4n) is 1.31. The van der Waals surface area contributed by atoms with Crippen LogP contribution >= 0.6 is 0 Å². The number of rotatable bonds is 4. The lowest BCUT2D eigenvalue weighted by Crippen LogP contribution is -2.12. The number of benzene rings is 1. The summed E-state index contributed by atoms with van der Waals surface area (Å²) in [6, 6.07) is 6.96. The van der Waals surface area contributed by atoms with Gasteiger partial charge in [-0.15, -0.1) is 0 Å². The Bertz CT molecular complexity index is 419. The number of carboxylic acids is 1. The zero-order chi connectivity index (χ0) is 11.4. The SMILES string of the molecule is C=C(C(=O)O)C(=O)c1ccccc1CC. The average molecular weight is 204 g/mol. The summed E-state index contributed by atoms with van der Waals surface area (Å²) in [5.41, 5.74) is 0.869. The van der Waals surface area contributed by atoms with E-state index in [4.69, 9.17) is 5.11 Å². The predicted octanol–water partition coefficient (Wildman–Crippen LogP) is 2.07. The third-order valence-corrected chi connectivity index (χ3v) is 2.18. The molecule has 0 saturated heterocycles. The number of carboxylic acid groups (broad SMARTS) is 1. The van der Waals surface area contributed by atoms with Gasteiger partial charge < -0.3 is 5.11 Å². The third kappa shape index (κ3) is 2.31. The highest BCUT2D eigenvalue weighted by molar-refractivity contribution is 6.23. The number of carbonyl (C=O) groups is 2. The van der Waals surface area contributed by atoms with Gasteiger partial charge in [0.2, 0.25) is 0 Å². The van der Waals surface area contributed by atoms with Crippen molar-refractivity contribution in [3.63, 3.8) is 0 Å². The molecule has 0 radical (unpaired) electrons. The Labute approximate surface area is 88.0 Å². The van der Waals surface area contributed by atoms with Gasteiger partial charge in [0.25, 0.3) is 0 Å². The standard InChI is InChI=1S/C12H12O3/c1-3-9-6-4-5-7-10(9)11(13)8(2)12(14)15/h4-7H,2-3H2,1H3,(H,14,15). The summed E-state index contributed by atoms with van der Waals surface area (Å²) >= 11 is 0. The highest BCUT2D eigenvalue weighted by atomic mass is 16.4. The molecule has 78 valence electrons. The van der Waals surface area contributed by atoms with E-state index in [1.165, 1.54) is 0 Å². The van der Waals surface area contributed by atoms with Gasteiger partial charge in [-0.05, 0) is 12.0 Å². The van der Waals surface area contributed by atoms with Gasteiger partial charge in [0.05, 0.1) is 0 Å². The summed E-state index contributed by atoms with van der Waals surface area (Å²) in [4.78, 5) is 22.3. The first-order valence-corrected chi connectivity index (χ1v) is 4.62. The van der Waals surface area contributed by atoms with Crippen LogP contribution in [0.2, 0.25) is 0 Å². The van der Waals surface area contributed by atoms with Crippen LogP contribution < -0.4 is 0 Å². The lowest BCUT2D eigenvalue weighted by molar-refractivity contribution is -0.132. The van der Waals surface area contributed by atoms with Crippen molar-refractivity contribution in [1.29, 1.82) is 0 Å². The fraction of sp³-hybridized carbons (Fsp3) is 0.167. The molecule has 0 aliphatic heterocycles. The van der Waals surface area contributed by atoms with E-state index in [1.54, 1.807) is 12.1 Å². The van der Waals surface area contributed by atoms with Gasteiger partial charge in [0.1, 0.15) is 5.57 Å². The van der Waals surface area contributed by atoms with Crippen LogP contribution in [0.4, 0.5) is 0 Å². The normalized spacial score (nSPS) is 9.67. The molecule has 0 saturated carbocycles. The van der Waals surface area contributed by atoms with E-state index in [9.17, 15) is 9.59 Å². The minimum absolute atomic E-state index is 0.393.